The zero-order valence-corrected chi connectivity index (χ0v) is 26.3. The Labute approximate surface area is 258 Å². The smallest absolute Gasteiger partial charge is 0.410 e. The van der Waals surface area contributed by atoms with E-state index in [1.807, 2.05) is 58.0 Å². The number of aromatic amines is 1. The van der Waals surface area contributed by atoms with Crippen molar-refractivity contribution in [1.29, 1.82) is 0 Å². The molecule has 2 N–H and O–H groups in total. The van der Waals surface area contributed by atoms with Crippen LogP contribution in [0.25, 0.3) is 22.3 Å². The standard InChI is InChI=1S/C32H43N9O3/c1-7-23(22(2)39-10-12-41(13-11-39)31(42)44-32(3,4)5)19-28(33-6)38-30-36-25-9-8-24(18-27(25)37-30)26-20-29(35-21-34-26)40-14-16-43-17-15-40/h7-9,18-22H,6,10-17H2,1-5H3,(H2,36,37,38)/b23-7+,28-19+. The molecule has 4 heterocycles. The van der Waals surface area contributed by atoms with Crippen molar-refractivity contribution < 1.29 is 14.3 Å². The molecule has 1 unspecified atom stereocenters. The van der Waals surface area contributed by atoms with E-state index in [0.717, 1.165) is 59.9 Å². The summed E-state index contributed by atoms with van der Waals surface area (Å²) in [6.07, 6.45) is 5.42. The van der Waals surface area contributed by atoms with Crippen LogP contribution >= 0.6 is 0 Å². The number of morpholine rings is 1. The van der Waals surface area contributed by atoms with E-state index < -0.39 is 5.60 Å². The van der Waals surface area contributed by atoms with Crippen LogP contribution in [0.15, 0.2) is 59.1 Å². The lowest BCUT2D eigenvalue weighted by atomic mass is 10.1. The molecule has 12 heteroatoms. The van der Waals surface area contributed by atoms with Crippen molar-refractivity contribution in [2.75, 3.05) is 62.7 Å². The van der Waals surface area contributed by atoms with Gasteiger partial charge in [-0.25, -0.2) is 24.7 Å². The lowest BCUT2D eigenvalue weighted by Crippen LogP contribution is -2.52. The second kappa shape index (κ2) is 13.6. The van der Waals surface area contributed by atoms with Crippen molar-refractivity contribution in [3.05, 3.63) is 54.1 Å². The van der Waals surface area contributed by atoms with Crippen LogP contribution in [-0.2, 0) is 9.47 Å². The fourth-order valence-electron chi connectivity index (χ4n) is 5.37. The van der Waals surface area contributed by atoms with Gasteiger partial charge in [0.2, 0.25) is 5.95 Å². The number of allylic oxidation sites excluding steroid dienone is 1. The number of fused-ring (bicyclic) bond motifs is 1. The van der Waals surface area contributed by atoms with E-state index in [1.54, 1.807) is 11.2 Å². The summed E-state index contributed by atoms with van der Waals surface area (Å²) in [7, 11) is 0. The topological polar surface area (TPSA) is 124 Å². The van der Waals surface area contributed by atoms with Gasteiger partial charge >= 0.3 is 6.09 Å². The third-order valence-corrected chi connectivity index (χ3v) is 7.81. The van der Waals surface area contributed by atoms with Gasteiger partial charge in [0.1, 0.15) is 23.6 Å². The van der Waals surface area contributed by atoms with Crippen molar-refractivity contribution >= 4 is 35.6 Å². The molecule has 5 rings (SSSR count). The minimum atomic E-state index is -0.502. The molecule has 0 spiro atoms. The van der Waals surface area contributed by atoms with Gasteiger partial charge in [-0.15, -0.1) is 0 Å². The summed E-state index contributed by atoms with van der Waals surface area (Å²) >= 11 is 0. The number of nitrogens with zero attached hydrogens (tertiary/aromatic N) is 7. The average molecular weight is 602 g/mol. The first-order valence-electron chi connectivity index (χ1n) is 15.1. The quantitative estimate of drug-likeness (QED) is 0.279. The molecule has 2 aromatic heterocycles. The van der Waals surface area contributed by atoms with Crippen molar-refractivity contribution in [1.82, 2.24) is 29.7 Å². The van der Waals surface area contributed by atoms with Crippen molar-refractivity contribution in [3.8, 4) is 11.3 Å². The van der Waals surface area contributed by atoms with Crippen LogP contribution in [0.1, 0.15) is 34.6 Å². The third kappa shape index (κ3) is 7.61. The number of ether oxygens (including phenoxy) is 2. The first-order chi connectivity index (χ1) is 21.1. The minimum absolute atomic E-state index is 0.118. The van der Waals surface area contributed by atoms with Gasteiger partial charge in [-0.3, -0.25) is 4.90 Å². The van der Waals surface area contributed by atoms with Gasteiger partial charge in [-0.05, 0) is 65.1 Å². The number of hydrogen-bond donors (Lipinski definition) is 2. The first-order valence-corrected chi connectivity index (χ1v) is 15.1. The summed E-state index contributed by atoms with van der Waals surface area (Å²) < 4.78 is 11.0. The second-order valence-electron chi connectivity index (χ2n) is 12.0. The molecule has 0 saturated carbocycles. The highest BCUT2D eigenvalue weighted by molar-refractivity contribution is 5.83. The number of rotatable bonds is 8. The van der Waals surface area contributed by atoms with E-state index in [1.165, 1.54) is 0 Å². The number of aromatic nitrogens is 4. The zero-order valence-electron chi connectivity index (χ0n) is 26.3. The maximum Gasteiger partial charge on any atom is 0.410 e. The highest BCUT2D eigenvalue weighted by Gasteiger charge is 2.28. The third-order valence-electron chi connectivity index (χ3n) is 7.81. The Hall–Kier alpha value is -4.29. The molecule has 2 saturated heterocycles. The number of aliphatic imine (C=N–C) groups is 1. The number of amides is 1. The number of nitrogens with one attached hydrogen (secondary N) is 2. The van der Waals surface area contributed by atoms with Gasteiger partial charge in [0.15, 0.2) is 0 Å². The minimum Gasteiger partial charge on any atom is -0.444 e. The molecule has 0 aliphatic carbocycles. The summed E-state index contributed by atoms with van der Waals surface area (Å²) in [6.45, 7) is 19.4. The maximum absolute atomic E-state index is 12.5. The molecule has 1 amide bonds. The van der Waals surface area contributed by atoms with Crippen LogP contribution in [-0.4, -0.2) is 107 Å². The molecule has 0 radical (unpaired) electrons. The summed E-state index contributed by atoms with van der Waals surface area (Å²) in [5.41, 5.74) is 4.10. The highest BCUT2D eigenvalue weighted by atomic mass is 16.6. The van der Waals surface area contributed by atoms with Gasteiger partial charge < -0.3 is 29.6 Å². The fraction of sp³-hybridized carbons (Fsp3) is 0.469. The first kappa shape index (κ1) is 31.1. The highest BCUT2D eigenvalue weighted by Crippen LogP contribution is 2.26. The number of H-pyrrole nitrogens is 1. The van der Waals surface area contributed by atoms with E-state index in [9.17, 15) is 4.79 Å². The number of hydrogen-bond acceptors (Lipinski definition) is 10. The summed E-state index contributed by atoms with van der Waals surface area (Å²) in [4.78, 5) is 40.1. The van der Waals surface area contributed by atoms with E-state index >= 15 is 0 Å². The Morgan fingerprint density at radius 1 is 1.14 bits per heavy atom. The monoisotopic (exact) mass is 601 g/mol. The van der Waals surface area contributed by atoms with Crippen molar-refractivity contribution in [2.24, 2.45) is 4.99 Å². The summed E-state index contributed by atoms with van der Waals surface area (Å²) in [5.74, 6) is 2.06. The SMILES string of the molecule is C=N/C(=C\C(=C/C)C(C)N1CCN(C(=O)OC(C)(C)C)CC1)Nc1nc2ccc(-c3cc(N4CCOCC4)ncn3)cc2[nH]1. The molecule has 2 fully saturated rings. The second-order valence-corrected chi connectivity index (χ2v) is 12.0. The van der Waals surface area contributed by atoms with Gasteiger partial charge in [-0.2, -0.15) is 0 Å². The van der Waals surface area contributed by atoms with Crippen LogP contribution in [0.2, 0.25) is 0 Å². The predicted molar refractivity (Wildman–Crippen MR) is 174 cm³/mol. The summed E-state index contributed by atoms with van der Waals surface area (Å²) in [5, 5.41) is 3.29. The molecule has 2 aliphatic heterocycles. The van der Waals surface area contributed by atoms with E-state index in [-0.39, 0.29) is 12.1 Å². The molecule has 12 nitrogen and oxygen atoms in total. The lowest BCUT2D eigenvalue weighted by molar-refractivity contribution is 0.0126. The van der Waals surface area contributed by atoms with Crippen LogP contribution in [0, 0.1) is 0 Å². The van der Waals surface area contributed by atoms with Crippen molar-refractivity contribution in [2.45, 2.75) is 46.3 Å². The lowest BCUT2D eigenvalue weighted by Gasteiger charge is -2.38. The number of imidazole rings is 1. The number of piperazine rings is 1. The Morgan fingerprint density at radius 3 is 2.57 bits per heavy atom. The van der Waals surface area contributed by atoms with E-state index in [0.29, 0.717) is 38.1 Å². The van der Waals surface area contributed by atoms with Gasteiger partial charge in [0.05, 0.1) is 29.9 Å². The Kier molecular flexibility index (Phi) is 9.60. The van der Waals surface area contributed by atoms with Crippen molar-refractivity contribution in [3.63, 3.8) is 0 Å². The largest absolute Gasteiger partial charge is 0.444 e. The van der Waals surface area contributed by atoms with Crippen LogP contribution < -0.4 is 10.2 Å². The van der Waals surface area contributed by atoms with Gasteiger partial charge in [0.25, 0.3) is 0 Å². The number of carbonyl (C=O) groups is 1. The molecular formula is C32H43N9O3. The Morgan fingerprint density at radius 2 is 1.89 bits per heavy atom. The normalized spacial score (nSPS) is 17.9. The number of anilines is 2. The van der Waals surface area contributed by atoms with E-state index in [4.69, 9.17) is 14.5 Å². The van der Waals surface area contributed by atoms with Gasteiger partial charge in [-0.1, -0.05) is 12.1 Å². The Balaban J connectivity index is 1.25. The summed E-state index contributed by atoms with van der Waals surface area (Å²) in [6, 6.07) is 8.17. The van der Waals surface area contributed by atoms with Gasteiger partial charge in [0, 0.05) is 56.9 Å². The van der Waals surface area contributed by atoms with E-state index in [2.05, 4.69) is 54.8 Å². The Bertz CT molecular complexity index is 1530. The molecule has 3 aromatic rings. The molecule has 1 atom stereocenters. The molecule has 0 bridgehead atoms. The number of carbonyl (C=O) groups excluding carboxylic acids is 1. The predicted octanol–water partition coefficient (Wildman–Crippen LogP) is 4.70. The maximum atomic E-state index is 12.5. The van der Waals surface area contributed by atoms with Crippen LogP contribution in [0.3, 0.4) is 0 Å². The fourth-order valence-corrected chi connectivity index (χ4v) is 5.37. The zero-order chi connectivity index (χ0) is 31.3. The molecular weight excluding hydrogens is 558 g/mol. The number of benzene rings is 1. The van der Waals surface area contributed by atoms with Crippen LogP contribution in [0.4, 0.5) is 16.6 Å². The molecule has 234 valence electrons. The average Bonchev–Trinajstić information content (AvgIpc) is 3.44. The molecule has 2 aliphatic rings. The molecule has 44 heavy (non-hydrogen) atoms. The molecule has 1 aromatic carbocycles. The van der Waals surface area contributed by atoms with Crippen LogP contribution in [0.5, 0.6) is 0 Å².